The molecule has 114 valence electrons. The molecule has 3 aromatic rings. The van der Waals surface area contributed by atoms with E-state index in [-0.39, 0.29) is 11.5 Å². The smallest absolute Gasteiger partial charge is 0.267 e. The molecule has 0 spiro atoms. The van der Waals surface area contributed by atoms with Gasteiger partial charge in [0.1, 0.15) is 9.84 Å². The monoisotopic (exact) mass is 335 g/mol. The van der Waals surface area contributed by atoms with Gasteiger partial charge < -0.3 is 0 Å². The number of fused-ring (bicyclic) bond motifs is 1. The molecule has 7 nitrogen and oxygen atoms in total. The molecule has 1 N–H and O–H groups in total. The predicted molar refractivity (Wildman–Crippen MR) is 86.9 cm³/mol. The van der Waals surface area contributed by atoms with Gasteiger partial charge >= 0.3 is 0 Å². The zero-order valence-corrected chi connectivity index (χ0v) is 13.8. The van der Waals surface area contributed by atoms with Gasteiger partial charge in [0.25, 0.3) is 11.5 Å². The molecule has 0 radical (unpaired) electrons. The Labute approximate surface area is 133 Å². The third kappa shape index (κ3) is 2.42. The van der Waals surface area contributed by atoms with Crippen LogP contribution in [0, 0.1) is 13.8 Å². The first kappa shape index (κ1) is 14.8. The second kappa shape index (κ2) is 5.58. The Bertz CT molecular complexity index is 924. The highest BCUT2D eigenvalue weighted by molar-refractivity contribution is 7.21. The van der Waals surface area contributed by atoms with E-state index in [0.29, 0.717) is 32.3 Å². The van der Waals surface area contributed by atoms with Crippen LogP contribution in [-0.4, -0.2) is 25.7 Å². The van der Waals surface area contributed by atoms with Gasteiger partial charge in [0, 0.05) is 6.54 Å². The molecule has 0 unspecified atom stereocenters. The van der Waals surface area contributed by atoms with E-state index in [9.17, 15) is 9.59 Å². The second-order valence-electron chi connectivity index (χ2n) is 4.65. The normalized spacial score (nSPS) is 11.0. The maximum Gasteiger partial charge on any atom is 0.267 e. The number of nitrogens with one attached hydrogen (secondary N) is 1. The van der Waals surface area contributed by atoms with Crippen LogP contribution in [0.15, 0.2) is 11.1 Å². The van der Waals surface area contributed by atoms with Crippen LogP contribution in [0.1, 0.15) is 27.2 Å². The lowest BCUT2D eigenvalue weighted by Crippen LogP contribution is -2.19. The van der Waals surface area contributed by atoms with Crippen molar-refractivity contribution in [2.75, 3.05) is 5.32 Å². The number of nitrogens with zero attached hydrogens (tertiary/aromatic N) is 4. The molecule has 0 bridgehead atoms. The third-order valence-corrected chi connectivity index (χ3v) is 5.16. The standard InChI is InChI=1S/C13H13N5O2S2/c1-4-18-5-14-11-8(12(18)20)6(2)9(22-11)10(19)15-13-17-16-7(3)21-13/h5H,4H2,1-3H3,(H,15,17,19). The summed E-state index contributed by atoms with van der Waals surface area (Å²) in [5.41, 5.74) is 0.533. The summed E-state index contributed by atoms with van der Waals surface area (Å²) in [4.78, 5) is 30.0. The summed E-state index contributed by atoms with van der Waals surface area (Å²) in [6.07, 6.45) is 1.51. The molecule has 22 heavy (non-hydrogen) atoms. The van der Waals surface area contributed by atoms with Crippen LogP contribution in [0.5, 0.6) is 0 Å². The second-order valence-corrected chi connectivity index (χ2v) is 6.83. The Hall–Kier alpha value is -2.13. The number of hydrogen-bond acceptors (Lipinski definition) is 7. The van der Waals surface area contributed by atoms with Crippen molar-refractivity contribution in [3.05, 3.63) is 32.1 Å². The summed E-state index contributed by atoms with van der Waals surface area (Å²) >= 11 is 2.51. The zero-order valence-electron chi connectivity index (χ0n) is 12.2. The van der Waals surface area contributed by atoms with Crippen molar-refractivity contribution >= 4 is 43.9 Å². The summed E-state index contributed by atoms with van der Waals surface area (Å²) in [6.45, 7) is 6.00. The molecular formula is C13H13N5O2S2. The lowest BCUT2D eigenvalue weighted by molar-refractivity contribution is 0.103. The molecule has 3 heterocycles. The van der Waals surface area contributed by atoms with Crippen LogP contribution in [0.2, 0.25) is 0 Å². The molecule has 1 amide bonds. The van der Waals surface area contributed by atoms with Crippen molar-refractivity contribution in [2.45, 2.75) is 27.3 Å². The Morgan fingerprint density at radius 1 is 1.32 bits per heavy atom. The summed E-state index contributed by atoms with van der Waals surface area (Å²) < 4.78 is 1.53. The Kier molecular flexibility index (Phi) is 3.75. The van der Waals surface area contributed by atoms with Gasteiger partial charge in [0.15, 0.2) is 0 Å². The van der Waals surface area contributed by atoms with Crippen molar-refractivity contribution in [3.8, 4) is 0 Å². The predicted octanol–water partition coefficient (Wildman–Crippen LogP) is 2.20. The molecule has 0 saturated carbocycles. The number of carbonyl (C=O) groups is 1. The number of carbonyl (C=O) groups excluding carboxylic acids is 1. The molecule has 0 aromatic carbocycles. The van der Waals surface area contributed by atoms with Crippen molar-refractivity contribution < 1.29 is 4.79 Å². The molecular weight excluding hydrogens is 322 g/mol. The summed E-state index contributed by atoms with van der Waals surface area (Å²) in [6, 6.07) is 0. The summed E-state index contributed by atoms with van der Waals surface area (Å²) in [7, 11) is 0. The molecule has 0 aliphatic rings. The van der Waals surface area contributed by atoms with Crippen molar-refractivity contribution in [2.24, 2.45) is 0 Å². The lowest BCUT2D eigenvalue weighted by Gasteiger charge is -2.00. The van der Waals surface area contributed by atoms with E-state index in [2.05, 4.69) is 20.5 Å². The van der Waals surface area contributed by atoms with E-state index in [1.165, 1.54) is 33.6 Å². The van der Waals surface area contributed by atoms with E-state index in [0.717, 1.165) is 5.01 Å². The number of thiophene rings is 1. The fourth-order valence-electron chi connectivity index (χ4n) is 2.10. The van der Waals surface area contributed by atoms with Gasteiger partial charge in [-0.05, 0) is 26.3 Å². The van der Waals surface area contributed by atoms with E-state index in [1.54, 1.807) is 6.92 Å². The number of rotatable bonds is 3. The Balaban J connectivity index is 2.04. The van der Waals surface area contributed by atoms with E-state index in [4.69, 9.17) is 0 Å². The first-order valence-electron chi connectivity index (χ1n) is 6.61. The van der Waals surface area contributed by atoms with Crippen molar-refractivity contribution in [3.63, 3.8) is 0 Å². The van der Waals surface area contributed by atoms with Gasteiger partial charge in [0.05, 0.1) is 16.6 Å². The highest BCUT2D eigenvalue weighted by atomic mass is 32.1. The fraction of sp³-hybridized carbons (Fsp3) is 0.308. The Morgan fingerprint density at radius 3 is 2.73 bits per heavy atom. The van der Waals surface area contributed by atoms with Gasteiger partial charge in [0.2, 0.25) is 5.13 Å². The number of aromatic nitrogens is 4. The average Bonchev–Trinajstić information content (AvgIpc) is 3.03. The van der Waals surface area contributed by atoms with Gasteiger partial charge in [-0.3, -0.25) is 19.5 Å². The third-order valence-electron chi connectivity index (χ3n) is 3.21. The van der Waals surface area contributed by atoms with Gasteiger partial charge in [-0.25, -0.2) is 4.98 Å². The maximum absolute atomic E-state index is 12.4. The van der Waals surface area contributed by atoms with E-state index < -0.39 is 0 Å². The maximum atomic E-state index is 12.4. The van der Waals surface area contributed by atoms with E-state index in [1.807, 2.05) is 13.8 Å². The zero-order chi connectivity index (χ0) is 15.9. The molecule has 0 aliphatic carbocycles. The molecule has 0 saturated heterocycles. The van der Waals surface area contributed by atoms with E-state index >= 15 is 0 Å². The minimum Gasteiger partial charge on any atom is -0.299 e. The summed E-state index contributed by atoms with van der Waals surface area (Å²) in [5.74, 6) is -0.293. The molecule has 9 heteroatoms. The van der Waals surface area contributed by atoms with Crippen LogP contribution in [0.4, 0.5) is 5.13 Å². The minimum absolute atomic E-state index is 0.118. The van der Waals surface area contributed by atoms with Crippen LogP contribution < -0.4 is 10.9 Å². The highest BCUT2D eigenvalue weighted by Gasteiger charge is 2.20. The molecule has 0 fully saturated rings. The number of hydrogen-bond donors (Lipinski definition) is 1. The topological polar surface area (TPSA) is 89.8 Å². The number of anilines is 1. The van der Waals surface area contributed by atoms with Gasteiger partial charge in [-0.1, -0.05) is 11.3 Å². The first-order chi connectivity index (χ1) is 10.5. The Morgan fingerprint density at radius 2 is 2.09 bits per heavy atom. The van der Waals surface area contributed by atoms with Crippen molar-refractivity contribution in [1.82, 2.24) is 19.7 Å². The largest absolute Gasteiger partial charge is 0.299 e. The molecule has 3 rings (SSSR count). The summed E-state index contributed by atoms with van der Waals surface area (Å²) in [5, 5.41) is 12.2. The van der Waals surface area contributed by atoms with Gasteiger partial charge in [-0.2, -0.15) is 0 Å². The fourth-order valence-corrected chi connectivity index (χ4v) is 3.72. The van der Waals surface area contributed by atoms with Crippen LogP contribution in [0.25, 0.3) is 10.2 Å². The highest BCUT2D eigenvalue weighted by Crippen LogP contribution is 2.28. The van der Waals surface area contributed by atoms with Gasteiger partial charge in [-0.15, -0.1) is 21.5 Å². The molecule has 0 aliphatic heterocycles. The van der Waals surface area contributed by atoms with Crippen molar-refractivity contribution in [1.29, 1.82) is 0 Å². The van der Waals surface area contributed by atoms with Crippen LogP contribution in [-0.2, 0) is 6.54 Å². The average molecular weight is 335 g/mol. The minimum atomic E-state index is -0.293. The molecule has 3 aromatic heterocycles. The number of aryl methyl sites for hydroxylation is 3. The molecule has 0 atom stereocenters. The lowest BCUT2D eigenvalue weighted by atomic mass is 10.2. The van der Waals surface area contributed by atoms with Crippen LogP contribution >= 0.6 is 22.7 Å². The van der Waals surface area contributed by atoms with Crippen LogP contribution in [0.3, 0.4) is 0 Å². The first-order valence-corrected chi connectivity index (χ1v) is 8.24. The SMILES string of the molecule is CCn1cnc2sc(C(=O)Nc3nnc(C)s3)c(C)c2c1=O. The quantitative estimate of drug-likeness (QED) is 0.792. The number of amides is 1.